The van der Waals surface area contributed by atoms with Crippen molar-refractivity contribution in [3.8, 4) is 0 Å². The van der Waals surface area contributed by atoms with Gasteiger partial charge in [0, 0.05) is 0 Å². The molecule has 0 spiro atoms. The predicted molar refractivity (Wildman–Crippen MR) is 16.8 cm³/mol. The van der Waals surface area contributed by atoms with Gasteiger partial charge in [-0.05, 0) is 0 Å². The third kappa shape index (κ3) is 10.9. The Hall–Kier alpha value is 0.830. The SMILES string of the molecule is NS(=O)(=O)OO.[Na+]. The van der Waals surface area contributed by atoms with Crippen LogP contribution in [0.15, 0.2) is 0 Å². The van der Waals surface area contributed by atoms with Crippen molar-refractivity contribution in [2.45, 2.75) is 0 Å². The van der Waals surface area contributed by atoms with E-state index < -0.39 is 10.3 Å². The van der Waals surface area contributed by atoms with Crippen molar-refractivity contribution in [3.63, 3.8) is 0 Å². The van der Waals surface area contributed by atoms with E-state index in [0.29, 0.717) is 0 Å². The van der Waals surface area contributed by atoms with Gasteiger partial charge < -0.3 is 0 Å². The van der Waals surface area contributed by atoms with E-state index in [1.165, 1.54) is 0 Å². The van der Waals surface area contributed by atoms with Crippen molar-refractivity contribution in [1.29, 1.82) is 0 Å². The van der Waals surface area contributed by atoms with Crippen LogP contribution in [0.2, 0.25) is 0 Å². The second-order valence-corrected chi connectivity index (χ2v) is 1.70. The summed E-state index contributed by atoms with van der Waals surface area (Å²) >= 11 is 0. The molecule has 5 nitrogen and oxygen atoms in total. The van der Waals surface area contributed by atoms with Gasteiger partial charge in [0.1, 0.15) is 0 Å². The van der Waals surface area contributed by atoms with Crippen molar-refractivity contribution in [2.75, 3.05) is 0 Å². The molecule has 0 aromatic rings. The molecular weight excluding hydrogens is 133 g/mol. The molecular formula is H3NNaO4S+. The number of nitrogens with two attached hydrogens (primary N) is 1. The van der Waals surface area contributed by atoms with E-state index in [1.54, 1.807) is 0 Å². The van der Waals surface area contributed by atoms with E-state index in [9.17, 15) is 8.42 Å². The number of hydrogen-bond acceptors (Lipinski definition) is 4. The van der Waals surface area contributed by atoms with Gasteiger partial charge in [-0.3, -0.25) is 0 Å². The molecule has 0 saturated heterocycles. The van der Waals surface area contributed by atoms with Crippen LogP contribution in [0.1, 0.15) is 0 Å². The van der Waals surface area contributed by atoms with Crippen LogP contribution in [-0.2, 0) is 14.6 Å². The Balaban J connectivity index is 0. The molecule has 0 fully saturated rings. The molecule has 0 rings (SSSR count). The van der Waals surface area contributed by atoms with E-state index in [0.717, 1.165) is 0 Å². The molecule has 0 aliphatic carbocycles. The zero-order chi connectivity index (χ0) is 5.21. The summed E-state index contributed by atoms with van der Waals surface area (Å²) in [7, 11) is -4.11. The Morgan fingerprint density at radius 2 is 1.71 bits per heavy atom. The first-order valence-corrected chi connectivity index (χ1v) is 2.39. The van der Waals surface area contributed by atoms with Gasteiger partial charge in [-0.15, -0.1) is 0 Å². The number of rotatable bonds is 1. The summed E-state index contributed by atoms with van der Waals surface area (Å²) in [5.41, 5.74) is 0. The van der Waals surface area contributed by atoms with Crippen LogP contribution < -0.4 is 34.7 Å². The van der Waals surface area contributed by atoms with Crippen LogP contribution in [0.3, 0.4) is 0 Å². The molecule has 0 aromatic carbocycles. The van der Waals surface area contributed by atoms with Crippen LogP contribution in [0.5, 0.6) is 0 Å². The van der Waals surface area contributed by atoms with Crippen LogP contribution in [0, 0.1) is 0 Å². The molecule has 0 aromatic heterocycles. The van der Waals surface area contributed by atoms with E-state index in [-0.39, 0.29) is 29.6 Å². The van der Waals surface area contributed by atoms with Crippen molar-refractivity contribution >= 4 is 10.3 Å². The maximum Gasteiger partial charge on any atom is 1.00 e. The fourth-order valence-electron chi connectivity index (χ4n) is 0. The second-order valence-electron chi connectivity index (χ2n) is 0.567. The fourth-order valence-corrected chi connectivity index (χ4v) is 0. The van der Waals surface area contributed by atoms with Gasteiger partial charge in [0.25, 0.3) is 0 Å². The summed E-state index contributed by atoms with van der Waals surface area (Å²) in [4.78, 5) is 0. The summed E-state index contributed by atoms with van der Waals surface area (Å²) in [5, 5.41) is 11.2. The van der Waals surface area contributed by atoms with Gasteiger partial charge >= 0.3 is 39.9 Å². The summed E-state index contributed by atoms with van der Waals surface area (Å²) in [5.74, 6) is 0. The maximum absolute atomic E-state index is 9.31. The third-order valence-electron chi connectivity index (χ3n) is 0.104. The largest absolute Gasteiger partial charge is 1.00 e. The Kier molecular flexibility index (Phi) is 5.81. The third-order valence-corrected chi connectivity index (χ3v) is 0.312. The van der Waals surface area contributed by atoms with E-state index in [2.05, 4.69) is 9.47 Å². The zero-order valence-electron chi connectivity index (χ0n) is 3.66. The van der Waals surface area contributed by atoms with E-state index >= 15 is 0 Å². The molecule has 0 unspecified atom stereocenters. The molecule has 7 heteroatoms. The Morgan fingerprint density at radius 3 is 1.71 bits per heavy atom. The van der Waals surface area contributed by atoms with Gasteiger partial charge in [-0.1, -0.05) is 4.33 Å². The minimum absolute atomic E-state index is 0. The molecule has 0 saturated carbocycles. The summed E-state index contributed by atoms with van der Waals surface area (Å²) < 4.78 is 21.3. The van der Waals surface area contributed by atoms with Crippen LogP contribution in [0.4, 0.5) is 0 Å². The van der Waals surface area contributed by atoms with E-state index in [1.807, 2.05) is 0 Å². The minimum Gasteiger partial charge on any atom is -0.234 e. The molecule has 0 bridgehead atoms. The Labute approximate surface area is 62.9 Å². The first-order chi connectivity index (χ1) is 2.56. The van der Waals surface area contributed by atoms with Gasteiger partial charge in [0.05, 0.1) is 0 Å². The first kappa shape index (κ1) is 10.7. The average Bonchev–Trinajstić information content (AvgIpc) is 1.35. The van der Waals surface area contributed by atoms with Crippen molar-refractivity contribution in [2.24, 2.45) is 5.14 Å². The van der Waals surface area contributed by atoms with Crippen molar-refractivity contribution in [1.82, 2.24) is 0 Å². The van der Waals surface area contributed by atoms with Gasteiger partial charge in [-0.2, -0.15) is 8.42 Å². The topological polar surface area (TPSA) is 89.6 Å². The maximum atomic E-state index is 9.31. The molecule has 0 atom stereocenters. The molecule has 0 aliphatic rings. The molecule has 0 amide bonds. The van der Waals surface area contributed by atoms with Crippen molar-refractivity contribution < 1.29 is 47.6 Å². The number of hydrogen-bond donors (Lipinski definition) is 2. The Bertz CT molecular complexity index is 114. The average molecular weight is 136 g/mol. The second kappa shape index (κ2) is 3.79. The van der Waals surface area contributed by atoms with Gasteiger partial charge in [0.2, 0.25) is 0 Å². The minimum atomic E-state index is -4.11. The molecule has 0 heterocycles. The monoisotopic (exact) mass is 136 g/mol. The van der Waals surface area contributed by atoms with Gasteiger partial charge in [0.15, 0.2) is 0 Å². The summed E-state index contributed by atoms with van der Waals surface area (Å²) in [6, 6.07) is 0. The predicted octanol–water partition coefficient (Wildman–Crippen LogP) is -4.32. The quantitative estimate of drug-likeness (QED) is 0.217. The first-order valence-electron chi connectivity index (χ1n) is 0.918. The molecule has 0 aliphatic heterocycles. The Morgan fingerprint density at radius 1 is 1.57 bits per heavy atom. The smallest absolute Gasteiger partial charge is 0.234 e. The summed E-state index contributed by atoms with van der Waals surface area (Å²) in [6.07, 6.45) is 0. The normalized spacial score (nSPS) is 10.0. The molecule has 7 heavy (non-hydrogen) atoms. The van der Waals surface area contributed by atoms with Crippen LogP contribution in [-0.4, -0.2) is 13.7 Å². The van der Waals surface area contributed by atoms with Crippen LogP contribution in [0.25, 0.3) is 0 Å². The summed E-state index contributed by atoms with van der Waals surface area (Å²) in [6.45, 7) is 0. The van der Waals surface area contributed by atoms with Gasteiger partial charge in [-0.25, -0.2) is 10.4 Å². The van der Waals surface area contributed by atoms with E-state index in [4.69, 9.17) is 5.26 Å². The standard InChI is InChI=1S/H3NO4S.Na/c1-6(3,4)5-2;/h2H,(H2,1,3,4);/q;+1. The fraction of sp³-hybridized carbons (Fsp3) is 0. The zero-order valence-corrected chi connectivity index (χ0v) is 6.47. The van der Waals surface area contributed by atoms with Crippen LogP contribution >= 0.6 is 0 Å². The van der Waals surface area contributed by atoms with Crippen molar-refractivity contribution in [3.05, 3.63) is 0 Å². The molecule has 0 radical (unpaired) electrons. The molecule has 38 valence electrons. The molecule has 3 N–H and O–H groups in total.